The van der Waals surface area contributed by atoms with Crippen LogP contribution in [0.2, 0.25) is 0 Å². The zero-order valence-corrected chi connectivity index (χ0v) is 16.6. The standard InChI is InChI=1S/C23H25F2NO3/c1-26-18-11-12-19(26)21(23(27)28-2)20(13-18)29-22(14-3-7-16(24)8-4-14)15-5-9-17(25)10-6-15/h3-10,18-22H,11-13H2,1-2H3/t18-,19+,20+,21+/m1/s1. The minimum absolute atomic E-state index is 0.0771. The third-order valence-corrected chi connectivity index (χ3v) is 6.34. The first-order chi connectivity index (χ1) is 14.0. The van der Waals surface area contributed by atoms with E-state index in [2.05, 4.69) is 4.90 Å². The van der Waals surface area contributed by atoms with Gasteiger partial charge in [-0.2, -0.15) is 0 Å². The Balaban J connectivity index is 1.68. The molecule has 0 aromatic heterocycles. The van der Waals surface area contributed by atoms with Gasteiger partial charge in [-0.25, -0.2) is 8.78 Å². The van der Waals surface area contributed by atoms with Crippen molar-refractivity contribution in [2.45, 2.75) is 43.6 Å². The van der Waals surface area contributed by atoms with Crippen LogP contribution < -0.4 is 0 Å². The molecule has 2 saturated heterocycles. The summed E-state index contributed by atoms with van der Waals surface area (Å²) in [6.45, 7) is 0. The number of fused-ring (bicyclic) bond motifs is 2. The number of hydrogen-bond acceptors (Lipinski definition) is 4. The lowest BCUT2D eigenvalue weighted by molar-refractivity contribution is -0.162. The summed E-state index contributed by atoms with van der Waals surface area (Å²) in [5.74, 6) is -1.34. The number of nitrogens with zero attached hydrogens (tertiary/aromatic N) is 1. The van der Waals surface area contributed by atoms with Gasteiger partial charge in [-0.1, -0.05) is 24.3 Å². The SMILES string of the molecule is COC(=O)[C@@H]1[C@@H](OC(c2ccc(F)cc2)c2ccc(F)cc2)C[C@H]2CC[C@@H]1N2C. The minimum atomic E-state index is -0.531. The molecule has 0 aliphatic carbocycles. The van der Waals surface area contributed by atoms with Crippen LogP contribution in [0.25, 0.3) is 0 Å². The summed E-state index contributed by atoms with van der Waals surface area (Å²) >= 11 is 0. The van der Waals surface area contributed by atoms with Crippen LogP contribution >= 0.6 is 0 Å². The molecular weight excluding hydrogens is 376 g/mol. The van der Waals surface area contributed by atoms with Gasteiger partial charge in [0.2, 0.25) is 0 Å². The highest BCUT2D eigenvalue weighted by molar-refractivity contribution is 5.74. The Bertz CT molecular complexity index is 810. The summed E-state index contributed by atoms with van der Waals surface area (Å²) in [6.07, 6.45) is 1.80. The third-order valence-electron chi connectivity index (χ3n) is 6.34. The smallest absolute Gasteiger partial charge is 0.312 e. The van der Waals surface area contributed by atoms with Gasteiger partial charge in [0.05, 0.1) is 19.1 Å². The van der Waals surface area contributed by atoms with Crippen LogP contribution in [-0.4, -0.2) is 43.2 Å². The summed E-state index contributed by atoms with van der Waals surface area (Å²) in [7, 11) is 3.45. The quantitative estimate of drug-likeness (QED) is 0.708. The molecule has 2 heterocycles. The van der Waals surface area contributed by atoms with Crippen molar-refractivity contribution in [2.75, 3.05) is 14.2 Å². The van der Waals surface area contributed by atoms with E-state index in [1.54, 1.807) is 24.3 Å². The van der Waals surface area contributed by atoms with Crippen LogP contribution in [0, 0.1) is 17.6 Å². The fourth-order valence-electron chi connectivity index (χ4n) is 4.81. The van der Waals surface area contributed by atoms with E-state index >= 15 is 0 Å². The van der Waals surface area contributed by atoms with Crippen molar-refractivity contribution in [3.63, 3.8) is 0 Å². The molecule has 29 heavy (non-hydrogen) atoms. The first-order valence-electron chi connectivity index (χ1n) is 9.94. The van der Waals surface area contributed by atoms with Gasteiger partial charge in [0.1, 0.15) is 17.7 Å². The molecule has 2 bridgehead atoms. The molecule has 2 aromatic carbocycles. The molecule has 0 amide bonds. The molecule has 154 valence electrons. The highest BCUT2D eigenvalue weighted by Gasteiger charge is 2.50. The van der Waals surface area contributed by atoms with Crippen molar-refractivity contribution < 1.29 is 23.0 Å². The lowest BCUT2D eigenvalue weighted by Gasteiger charge is -2.42. The minimum Gasteiger partial charge on any atom is -0.469 e. The van der Waals surface area contributed by atoms with E-state index in [0.29, 0.717) is 12.5 Å². The van der Waals surface area contributed by atoms with Crippen molar-refractivity contribution in [3.05, 3.63) is 71.3 Å². The lowest BCUT2D eigenvalue weighted by atomic mass is 9.87. The maximum Gasteiger partial charge on any atom is 0.312 e. The largest absolute Gasteiger partial charge is 0.469 e. The molecule has 2 aliphatic heterocycles. The Hall–Kier alpha value is -2.31. The van der Waals surface area contributed by atoms with E-state index in [9.17, 15) is 13.6 Å². The average Bonchev–Trinajstić information content (AvgIpc) is 2.96. The number of ether oxygens (including phenoxy) is 2. The number of benzene rings is 2. The molecule has 2 aromatic rings. The summed E-state index contributed by atoms with van der Waals surface area (Å²) in [4.78, 5) is 14.9. The first-order valence-corrected chi connectivity index (χ1v) is 9.94. The third kappa shape index (κ3) is 3.91. The van der Waals surface area contributed by atoms with Gasteiger partial charge in [-0.3, -0.25) is 9.69 Å². The number of carbonyl (C=O) groups is 1. The van der Waals surface area contributed by atoms with Gasteiger partial charge in [0.15, 0.2) is 0 Å². The van der Waals surface area contributed by atoms with Crippen molar-refractivity contribution >= 4 is 5.97 Å². The van der Waals surface area contributed by atoms with E-state index in [4.69, 9.17) is 9.47 Å². The van der Waals surface area contributed by atoms with Gasteiger partial charge in [-0.05, 0) is 61.7 Å². The van der Waals surface area contributed by atoms with Crippen LogP contribution in [0.4, 0.5) is 8.78 Å². The summed E-state index contributed by atoms with van der Waals surface area (Å²) in [5.41, 5.74) is 1.51. The molecular formula is C23H25F2NO3. The Morgan fingerprint density at radius 2 is 1.55 bits per heavy atom. The van der Waals surface area contributed by atoms with E-state index < -0.39 is 12.0 Å². The van der Waals surface area contributed by atoms with Crippen molar-refractivity contribution in [1.29, 1.82) is 0 Å². The summed E-state index contributed by atoms with van der Waals surface area (Å²) in [5, 5.41) is 0. The normalized spacial score (nSPS) is 26.7. The molecule has 6 heteroatoms. The number of halogens is 2. The van der Waals surface area contributed by atoms with Gasteiger partial charge in [-0.15, -0.1) is 0 Å². The predicted octanol–water partition coefficient (Wildman–Crippen LogP) is 4.10. The van der Waals surface area contributed by atoms with Gasteiger partial charge < -0.3 is 9.47 Å². The Kier molecular flexibility index (Phi) is 5.65. The van der Waals surface area contributed by atoms with Crippen LogP contribution in [-0.2, 0) is 14.3 Å². The van der Waals surface area contributed by atoms with Crippen LogP contribution in [0.15, 0.2) is 48.5 Å². The average molecular weight is 401 g/mol. The van der Waals surface area contributed by atoms with E-state index in [1.807, 2.05) is 7.05 Å². The fraction of sp³-hybridized carbons (Fsp3) is 0.435. The number of methoxy groups -OCH3 is 1. The maximum absolute atomic E-state index is 13.5. The summed E-state index contributed by atoms with van der Waals surface area (Å²) < 4.78 is 38.6. The second-order valence-electron chi connectivity index (χ2n) is 7.91. The topological polar surface area (TPSA) is 38.8 Å². The van der Waals surface area contributed by atoms with Crippen LogP contribution in [0.3, 0.4) is 0 Å². The molecule has 0 spiro atoms. The fourth-order valence-corrected chi connectivity index (χ4v) is 4.81. The number of carbonyl (C=O) groups excluding carboxylic acids is 1. The Labute approximate surface area is 169 Å². The maximum atomic E-state index is 13.5. The number of piperidine rings is 1. The van der Waals surface area contributed by atoms with E-state index in [0.717, 1.165) is 24.0 Å². The molecule has 0 N–H and O–H groups in total. The van der Waals surface area contributed by atoms with Crippen molar-refractivity contribution in [2.24, 2.45) is 5.92 Å². The lowest BCUT2D eigenvalue weighted by Crippen LogP contribution is -2.53. The van der Waals surface area contributed by atoms with E-state index in [-0.39, 0.29) is 29.7 Å². The zero-order valence-electron chi connectivity index (χ0n) is 16.6. The number of esters is 1. The first kappa shape index (κ1) is 20.0. The molecule has 0 unspecified atom stereocenters. The molecule has 4 atom stereocenters. The van der Waals surface area contributed by atoms with Crippen LogP contribution in [0.1, 0.15) is 36.5 Å². The number of rotatable bonds is 5. The Morgan fingerprint density at radius 3 is 2.07 bits per heavy atom. The zero-order chi connectivity index (χ0) is 20.5. The molecule has 2 fully saturated rings. The Morgan fingerprint density at radius 1 is 1.00 bits per heavy atom. The van der Waals surface area contributed by atoms with Gasteiger partial charge >= 0.3 is 5.97 Å². The molecule has 0 saturated carbocycles. The second kappa shape index (κ2) is 8.20. The molecule has 2 aliphatic rings. The highest BCUT2D eigenvalue weighted by Crippen LogP contribution is 2.42. The van der Waals surface area contributed by atoms with Crippen LogP contribution in [0.5, 0.6) is 0 Å². The van der Waals surface area contributed by atoms with E-state index in [1.165, 1.54) is 31.4 Å². The highest BCUT2D eigenvalue weighted by atomic mass is 19.1. The van der Waals surface area contributed by atoms with Gasteiger partial charge in [0, 0.05) is 12.1 Å². The molecule has 0 radical (unpaired) electrons. The molecule has 4 nitrogen and oxygen atoms in total. The van der Waals surface area contributed by atoms with Crippen molar-refractivity contribution in [3.8, 4) is 0 Å². The number of hydrogen-bond donors (Lipinski definition) is 0. The summed E-state index contributed by atoms with van der Waals surface area (Å²) in [6, 6.07) is 12.6. The monoisotopic (exact) mass is 401 g/mol. The predicted molar refractivity (Wildman–Crippen MR) is 104 cm³/mol. The second-order valence-corrected chi connectivity index (χ2v) is 7.91. The molecule has 4 rings (SSSR count). The van der Waals surface area contributed by atoms with Gasteiger partial charge in [0.25, 0.3) is 0 Å². The van der Waals surface area contributed by atoms with Crippen molar-refractivity contribution in [1.82, 2.24) is 4.90 Å².